The first-order valence-electron chi connectivity index (χ1n) is 15.5. The van der Waals surface area contributed by atoms with Crippen LogP contribution in [0, 0.1) is 0 Å². The highest BCUT2D eigenvalue weighted by atomic mass is 16.6. The molecule has 0 radical (unpaired) electrons. The number of nitrogens with zero attached hydrogens (tertiary/aromatic N) is 2. The molecular formula is C32H52N4O7. The number of aliphatic hydroxyl groups excluding tert-OH is 1. The van der Waals surface area contributed by atoms with Gasteiger partial charge < -0.3 is 40.2 Å². The third kappa shape index (κ3) is 9.72. The van der Waals surface area contributed by atoms with Crippen LogP contribution in [-0.4, -0.2) is 87.2 Å². The smallest absolute Gasteiger partial charge is 0.410 e. The number of benzene rings is 1. The number of rotatable bonds is 3. The van der Waals surface area contributed by atoms with Gasteiger partial charge in [-0.05, 0) is 92.6 Å². The molecule has 6 atom stereocenters. The number of aliphatic hydroxyl groups is 1. The Kier molecular flexibility index (Phi) is 11.7. The summed E-state index contributed by atoms with van der Waals surface area (Å²) in [6, 6.07) is 10.3. The topological polar surface area (TPSA) is 144 Å². The summed E-state index contributed by atoms with van der Waals surface area (Å²) in [5, 5.41) is 10.5. The maximum Gasteiger partial charge on any atom is 0.410 e. The summed E-state index contributed by atoms with van der Waals surface area (Å²) in [4.78, 5) is 40.1. The summed E-state index contributed by atoms with van der Waals surface area (Å²) in [5.41, 5.74) is 5.98. The fraction of sp³-hybridized carbons (Fsp3) is 0.719. The molecular weight excluding hydrogens is 552 g/mol. The van der Waals surface area contributed by atoms with Crippen LogP contribution in [0.4, 0.5) is 14.4 Å². The van der Waals surface area contributed by atoms with E-state index < -0.39 is 17.3 Å². The molecule has 4 bridgehead atoms. The third-order valence-electron chi connectivity index (χ3n) is 7.85. The SMILES string of the molecule is CC(C)(C)OC(=O)N1C2CCC1[C@H](N)C2.CC(C)(C)OC(=O)N1C2CCC1[C@H](NC(=O)OCc1ccccc1)C2.CCO. The molecule has 1 aromatic rings. The number of fused-ring (bicyclic) bond motifs is 4. The van der Waals surface area contributed by atoms with E-state index in [0.717, 1.165) is 44.1 Å². The van der Waals surface area contributed by atoms with Crippen molar-refractivity contribution in [2.45, 2.75) is 141 Å². The monoisotopic (exact) mass is 604 g/mol. The summed E-state index contributed by atoms with van der Waals surface area (Å²) < 4.78 is 16.2. The lowest BCUT2D eigenvalue weighted by Gasteiger charge is -2.28. The number of carbonyl (C=O) groups is 3. The van der Waals surface area contributed by atoms with Gasteiger partial charge in [-0.2, -0.15) is 0 Å². The van der Waals surface area contributed by atoms with E-state index in [-0.39, 0.29) is 55.6 Å². The van der Waals surface area contributed by atoms with Gasteiger partial charge in [0.25, 0.3) is 0 Å². The van der Waals surface area contributed by atoms with E-state index in [4.69, 9.17) is 25.1 Å². The van der Waals surface area contributed by atoms with Crippen LogP contribution < -0.4 is 11.1 Å². The van der Waals surface area contributed by atoms with Gasteiger partial charge in [0.05, 0.1) is 18.1 Å². The highest BCUT2D eigenvalue weighted by Gasteiger charge is 2.51. The lowest BCUT2D eigenvalue weighted by atomic mass is 9.96. The van der Waals surface area contributed by atoms with E-state index in [0.29, 0.717) is 6.04 Å². The molecule has 242 valence electrons. The molecule has 0 saturated carbocycles. The Morgan fingerprint density at radius 2 is 1.35 bits per heavy atom. The first-order valence-corrected chi connectivity index (χ1v) is 15.5. The van der Waals surface area contributed by atoms with E-state index in [1.165, 1.54) is 0 Å². The molecule has 0 aliphatic carbocycles. The quantitative estimate of drug-likeness (QED) is 0.412. The van der Waals surface area contributed by atoms with Crippen molar-refractivity contribution in [3.05, 3.63) is 35.9 Å². The summed E-state index contributed by atoms with van der Waals surface area (Å²) in [6.07, 6.45) is 4.72. The van der Waals surface area contributed by atoms with Crippen molar-refractivity contribution in [2.24, 2.45) is 5.73 Å². The van der Waals surface area contributed by atoms with Crippen molar-refractivity contribution in [2.75, 3.05) is 6.61 Å². The van der Waals surface area contributed by atoms with Crippen LogP contribution in [0.1, 0.15) is 92.6 Å². The molecule has 11 nitrogen and oxygen atoms in total. The van der Waals surface area contributed by atoms with Crippen molar-refractivity contribution in [3.8, 4) is 0 Å². The van der Waals surface area contributed by atoms with Crippen LogP contribution in [0.3, 0.4) is 0 Å². The summed E-state index contributed by atoms with van der Waals surface area (Å²) in [5.74, 6) is 0. The molecule has 43 heavy (non-hydrogen) atoms. The Morgan fingerprint density at radius 1 is 0.860 bits per heavy atom. The zero-order valence-electron chi connectivity index (χ0n) is 26.9. The Hall–Kier alpha value is -3.05. The second-order valence-corrected chi connectivity index (χ2v) is 13.6. The van der Waals surface area contributed by atoms with Gasteiger partial charge in [0.15, 0.2) is 0 Å². The molecule has 4 heterocycles. The number of amides is 3. The zero-order chi connectivity index (χ0) is 31.9. The lowest BCUT2D eigenvalue weighted by molar-refractivity contribution is 0.0200. The highest BCUT2D eigenvalue weighted by Crippen LogP contribution is 2.39. The molecule has 5 rings (SSSR count). The third-order valence-corrected chi connectivity index (χ3v) is 7.85. The fourth-order valence-corrected chi connectivity index (χ4v) is 6.29. The van der Waals surface area contributed by atoms with Crippen LogP contribution in [0.15, 0.2) is 30.3 Å². The molecule has 11 heteroatoms. The maximum atomic E-state index is 12.4. The molecule has 3 amide bonds. The molecule has 1 aromatic carbocycles. The average Bonchev–Trinajstić information content (AvgIpc) is 3.66. The lowest BCUT2D eigenvalue weighted by Crippen LogP contribution is -2.46. The number of carbonyl (C=O) groups excluding carboxylic acids is 3. The Bertz CT molecular complexity index is 1070. The van der Waals surface area contributed by atoms with E-state index in [2.05, 4.69) is 5.32 Å². The first kappa shape index (κ1) is 34.4. The van der Waals surface area contributed by atoms with Gasteiger partial charge in [-0.1, -0.05) is 30.3 Å². The highest BCUT2D eigenvalue weighted by molar-refractivity contribution is 5.72. The molecule has 4 N–H and O–H groups in total. The van der Waals surface area contributed by atoms with Gasteiger partial charge in [-0.3, -0.25) is 0 Å². The van der Waals surface area contributed by atoms with Gasteiger partial charge in [-0.15, -0.1) is 0 Å². The van der Waals surface area contributed by atoms with E-state index in [1.807, 2.05) is 76.8 Å². The minimum Gasteiger partial charge on any atom is -0.445 e. The van der Waals surface area contributed by atoms with Gasteiger partial charge in [-0.25, -0.2) is 14.4 Å². The Labute approximate surface area is 256 Å². The van der Waals surface area contributed by atoms with Crippen molar-refractivity contribution in [1.29, 1.82) is 0 Å². The first-order chi connectivity index (χ1) is 20.1. The van der Waals surface area contributed by atoms with Crippen molar-refractivity contribution < 1.29 is 33.7 Å². The number of nitrogens with one attached hydrogen (secondary N) is 1. The molecule has 4 aliphatic rings. The largest absolute Gasteiger partial charge is 0.445 e. The average molecular weight is 605 g/mol. The Balaban J connectivity index is 0.000000239. The van der Waals surface area contributed by atoms with E-state index in [9.17, 15) is 14.4 Å². The second kappa shape index (κ2) is 14.6. The van der Waals surface area contributed by atoms with Crippen molar-refractivity contribution in [1.82, 2.24) is 15.1 Å². The molecule has 0 spiro atoms. The van der Waals surface area contributed by atoms with Gasteiger partial charge in [0.1, 0.15) is 17.8 Å². The second-order valence-electron chi connectivity index (χ2n) is 13.6. The van der Waals surface area contributed by atoms with E-state index >= 15 is 0 Å². The fourth-order valence-electron chi connectivity index (χ4n) is 6.29. The normalized spacial score (nSPS) is 27.0. The summed E-state index contributed by atoms with van der Waals surface area (Å²) in [6.45, 7) is 13.4. The number of alkyl carbamates (subject to hydrolysis) is 1. The minimum absolute atomic E-state index is 0.0101. The minimum atomic E-state index is -0.517. The Morgan fingerprint density at radius 3 is 1.81 bits per heavy atom. The zero-order valence-corrected chi connectivity index (χ0v) is 26.9. The predicted octanol–water partition coefficient (Wildman–Crippen LogP) is 4.94. The summed E-state index contributed by atoms with van der Waals surface area (Å²) >= 11 is 0. The van der Waals surface area contributed by atoms with Crippen molar-refractivity contribution in [3.63, 3.8) is 0 Å². The maximum absolute atomic E-state index is 12.4. The number of hydrogen-bond acceptors (Lipinski definition) is 8. The number of hydrogen-bond donors (Lipinski definition) is 3. The van der Waals surface area contributed by atoms with Crippen LogP contribution >= 0.6 is 0 Å². The predicted molar refractivity (Wildman–Crippen MR) is 163 cm³/mol. The molecule has 4 saturated heterocycles. The standard InChI is InChI=1S/C19H26N2O4.C11H20N2O2.C2H6O/c1-19(2,3)25-18(23)21-14-9-10-16(21)15(11-14)20-17(22)24-12-13-7-5-4-6-8-13;1-11(2,3)15-10(14)13-7-4-5-9(13)8(12)6-7;1-2-3/h4-8,14-16H,9-12H2,1-3H3,(H,20,22);7-9H,4-6,12H2,1-3H3;3H,2H2,1H3/t14?,15-,16?;7?,8-,9?;/m11./s1. The van der Waals surface area contributed by atoms with Gasteiger partial charge in [0.2, 0.25) is 0 Å². The molecule has 0 aromatic heterocycles. The van der Waals surface area contributed by atoms with Gasteiger partial charge in [0, 0.05) is 24.7 Å². The number of ether oxygens (including phenoxy) is 3. The van der Waals surface area contributed by atoms with Crippen LogP contribution in [0.5, 0.6) is 0 Å². The number of nitrogens with two attached hydrogens (primary N) is 1. The van der Waals surface area contributed by atoms with Crippen molar-refractivity contribution >= 4 is 18.3 Å². The van der Waals surface area contributed by atoms with Gasteiger partial charge >= 0.3 is 18.3 Å². The molecule has 4 aliphatic heterocycles. The molecule has 4 unspecified atom stereocenters. The summed E-state index contributed by atoms with van der Waals surface area (Å²) in [7, 11) is 0. The van der Waals surface area contributed by atoms with Crippen LogP contribution in [-0.2, 0) is 20.8 Å². The van der Waals surface area contributed by atoms with E-state index in [1.54, 1.807) is 11.8 Å². The van der Waals surface area contributed by atoms with Crippen LogP contribution in [0.2, 0.25) is 0 Å². The molecule has 4 fully saturated rings. The van der Waals surface area contributed by atoms with Crippen LogP contribution in [0.25, 0.3) is 0 Å².